The van der Waals surface area contributed by atoms with Crippen molar-refractivity contribution in [2.45, 2.75) is 71.6 Å². The van der Waals surface area contributed by atoms with Gasteiger partial charge in [0.1, 0.15) is 11.3 Å². The topological polar surface area (TPSA) is 60.2 Å². The Kier molecular flexibility index (Phi) is 6.21. The number of hydrogen-bond donors (Lipinski definition) is 0. The van der Waals surface area contributed by atoms with Crippen molar-refractivity contribution in [3.05, 3.63) is 32.7 Å². The molecule has 2 aromatic rings. The Labute approximate surface area is 191 Å². The zero-order valence-electron chi connectivity index (χ0n) is 17.8. The minimum absolute atomic E-state index is 0.197. The van der Waals surface area contributed by atoms with E-state index in [4.69, 9.17) is 21.4 Å². The van der Waals surface area contributed by atoms with Crippen LogP contribution in [0.5, 0.6) is 0 Å². The maximum Gasteiger partial charge on any atom is 0.410 e. The van der Waals surface area contributed by atoms with Crippen molar-refractivity contribution < 1.29 is 9.53 Å². The van der Waals surface area contributed by atoms with Gasteiger partial charge >= 0.3 is 6.09 Å². The molecule has 2 aromatic heterocycles. The van der Waals surface area contributed by atoms with Crippen LogP contribution in [0.4, 0.5) is 4.79 Å². The van der Waals surface area contributed by atoms with E-state index in [0.717, 1.165) is 33.4 Å². The van der Waals surface area contributed by atoms with Crippen LogP contribution in [0.15, 0.2) is 18.5 Å². The molecular formula is C21H28ClIN4O2. The van der Waals surface area contributed by atoms with Crippen LogP contribution in [0.25, 0.3) is 11.3 Å². The first-order chi connectivity index (χ1) is 13.4. The SMILES string of the molecule is Cc1cc(Cl)c(-c2nn(C3CCN(C(=O)OC(C)(C)C)C(C)(C)C3)cc2I)cn1. The Balaban J connectivity index is 1.81. The summed E-state index contributed by atoms with van der Waals surface area (Å²) in [5.41, 5.74) is 1.73. The second-order valence-electron chi connectivity index (χ2n) is 9.20. The third-order valence-electron chi connectivity index (χ3n) is 5.07. The third-order valence-corrected chi connectivity index (χ3v) is 6.17. The van der Waals surface area contributed by atoms with Crippen molar-refractivity contribution in [3.8, 4) is 11.3 Å². The van der Waals surface area contributed by atoms with Gasteiger partial charge in [0.15, 0.2) is 0 Å². The fraction of sp³-hybridized carbons (Fsp3) is 0.571. The van der Waals surface area contributed by atoms with Crippen molar-refractivity contribution in [2.24, 2.45) is 0 Å². The van der Waals surface area contributed by atoms with E-state index in [2.05, 4.69) is 47.6 Å². The third kappa shape index (κ3) is 5.05. The molecule has 1 fully saturated rings. The number of rotatable bonds is 2. The molecule has 0 spiro atoms. The average molecular weight is 531 g/mol. The van der Waals surface area contributed by atoms with Gasteiger partial charge in [-0.3, -0.25) is 9.67 Å². The second-order valence-corrected chi connectivity index (χ2v) is 10.8. The van der Waals surface area contributed by atoms with Gasteiger partial charge in [0.25, 0.3) is 0 Å². The number of pyridine rings is 1. The lowest BCUT2D eigenvalue weighted by atomic mass is 9.87. The number of carbonyl (C=O) groups excluding carboxylic acids is 1. The number of nitrogens with zero attached hydrogens (tertiary/aromatic N) is 4. The molecule has 1 atom stereocenters. The number of amides is 1. The quantitative estimate of drug-likeness (QED) is 0.456. The number of likely N-dealkylation sites (tertiary alicyclic amines) is 1. The van der Waals surface area contributed by atoms with E-state index < -0.39 is 5.60 Å². The van der Waals surface area contributed by atoms with Crippen molar-refractivity contribution in [1.29, 1.82) is 0 Å². The number of aryl methyl sites for hydroxylation is 1. The lowest BCUT2D eigenvalue weighted by molar-refractivity contribution is -0.0143. The summed E-state index contributed by atoms with van der Waals surface area (Å²) in [5, 5.41) is 5.49. The zero-order valence-corrected chi connectivity index (χ0v) is 20.7. The number of carbonyl (C=O) groups is 1. The molecule has 1 saturated heterocycles. The Bertz CT molecular complexity index is 920. The summed E-state index contributed by atoms with van der Waals surface area (Å²) in [4.78, 5) is 18.8. The fourth-order valence-electron chi connectivity index (χ4n) is 3.69. The van der Waals surface area contributed by atoms with Gasteiger partial charge in [-0.15, -0.1) is 0 Å². The van der Waals surface area contributed by atoms with Crippen LogP contribution in [-0.2, 0) is 4.74 Å². The van der Waals surface area contributed by atoms with Crippen LogP contribution < -0.4 is 0 Å². The molecule has 1 unspecified atom stereocenters. The molecule has 0 bridgehead atoms. The number of aromatic nitrogens is 3. The molecule has 1 amide bonds. The molecule has 3 rings (SSSR count). The van der Waals surface area contributed by atoms with E-state index in [0.29, 0.717) is 11.6 Å². The lowest BCUT2D eigenvalue weighted by Gasteiger charge is -2.45. The number of halogens is 2. The number of piperidine rings is 1. The molecule has 0 saturated carbocycles. The van der Waals surface area contributed by atoms with Crippen molar-refractivity contribution >= 4 is 40.3 Å². The van der Waals surface area contributed by atoms with E-state index in [1.54, 1.807) is 6.20 Å². The lowest BCUT2D eigenvalue weighted by Crippen LogP contribution is -2.54. The maximum atomic E-state index is 12.6. The van der Waals surface area contributed by atoms with Gasteiger partial charge in [-0.1, -0.05) is 11.6 Å². The minimum atomic E-state index is -0.502. The molecule has 6 nitrogen and oxygen atoms in total. The van der Waals surface area contributed by atoms with E-state index in [9.17, 15) is 4.79 Å². The highest BCUT2D eigenvalue weighted by Gasteiger charge is 2.40. The number of ether oxygens (including phenoxy) is 1. The summed E-state index contributed by atoms with van der Waals surface area (Å²) >= 11 is 8.72. The predicted octanol–water partition coefficient (Wildman–Crippen LogP) is 5.86. The zero-order chi connectivity index (χ0) is 21.6. The maximum absolute atomic E-state index is 12.6. The molecular weight excluding hydrogens is 503 g/mol. The van der Waals surface area contributed by atoms with Gasteiger partial charge in [-0.25, -0.2) is 4.79 Å². The Morgan fingerprint density at radius 3 is 2.66 bits per heavy atom. The average Bonchev–Trinajstić information content (AvgIpc) is 2.94. The molecule has 1 aliphatic heterocycles. The monoisotopic (exact) mass is 530 g/mol. The van der Waals surface area contributed by atoms with Crippen molar-refractivity contribution in [1.82, 2.24) is 19.7 Å². The van der Waals surface area contributed by atoms with Crippen LogP contribution in [0.2, 0.25) is 5.02 Å². The van der Waals surface area contributed by atoms with Crippen LogP contribution in [0, 0.1) is 10.5 Å². The van der Waals surface area contributed by atoms with Gasteiger partial charge in [-0.05, 0) is 83.0 Å². The summed E-state index contributed by atoms with van der Waals surface area (Å²) in [6.45, 7) is 12.4. The molecule has 0 radical (unpaired) electrons. The van der Waals surface area contributed by atoms with Gasteiger partial charge < -0.3 is 9.64 Å². The van der Waals surface area contributed by atoms with Gasteiger partial charge in [0, 0.05) is 35.7 Å². The summed E-state index contributed by atoms with van der Waals surface area (Å²) in [6.07, 6.45) is 5.19. The Morgan fingerprint density at radius 2 is 2.07 bits per heavy atom. The van der Waals surface area contributed by atoms with Gasteiger partial charge in [-0.2, -0.15) is 5.10 Å². The first-order valence-corrected chi connectivity index (χ1v) is 11.2. The molecule has 8 heteroatoms. The van der Waals surface area contributed by atoms with E-state index in [-0.39, 0.29) is 17.7 Å². The molecule has 158 valence electrons. The fourth-order valence-corrected chi connectivity index (χ4v) is 4.67. The highest BCUT2D eigenvalue weighted by molar-refractivity contribution is 14.1. The van der Waals surface area contributed by atoms with Gasteiger partial charge in [0.2, 0.25) is 0 Å². The van der Waals surface area contributed by atoms with Crippen molar-refractivity contribution in [2.75, 3.05) is 6.54 Å². The predicted molar refractivity (Wildman–Crippen MR) is 123 cm³/mol. The standard InChI is InChI=1S/C21H28ClIN4O2/c1-13-9-16(22)15(11-24-13)18-17(23)12-27(25-18)14-7-8-26(21(5,6)10-14)19(28)29-20(2,3)4/h9,11-12,14H,7-8,10H2,1-6H3. The second kappa shape index (κ2) is 8.06. The highest BCUT2D eigenvalue weighted by Crippen LogP contribution is 2.37. The first kappa shape index (κ1) is 22.3. The van der Waals surface area contributed by atoms with E-state index in [1.807, 2.05) is 43.3 Å². The summed E-state index contributed by atoms with van der Waals surface area (Å²) in [7, 11) is 0. The molecule has 1 aliphatic rings. The molecule has 0 N–H and O–H groups in total. The first-order valence-electron chi connectivity index (χ1n) is 9.75. The summed E-state index contributed by atoms with van der Waals surface area (Å²) in [6, 6.07) is 2.05. The van der Waals surface area contributed by atoms with Crippen molar-refractivity contribution in [3.63, 3.8) is 0 Å². The van der Waals surface area contributed by atoms with Crippen LogP contribution in [-0.4, -0.2) is 43.4 Å². The Morgan fingerprint density at radius 1 is 1.38 bits per heavy atom. The van der Waals surface area contributed by atoms with Crippen LogP contribution in [0.3, 0.4) is 0 Å². The summed E-state index contributed by atoms with van der Waals surface area (Å²) < 4.78 is 8.64. The molecule has 29 heavy (non-hydrogen) atoms. The molecule has 3 heterocycles. The Hall–Kier alpha value is -1.35. The largest absolute Gasteiger partial charge is 0.444 e. The van der Waals surface area contributed by atoms with E-state index >= 15 is 0 Å². The molecule has 0 aliphatic carbocycles. The van der Waals surface area contributed by atoms with Crippen LogP contribution in [0.1, 0.15) is 59.2 Å². The van der Waals surface area contributed by atoms with Gasteiger partial charge in [0.05, 0.1) is 14.6 Å². The highest BCUT2D eigenvalue weighted by atomic mass is 127. The smallest absolute Gasteiger partial charge is 0.410 e. The van der Waals surface area contributed by atoms with Crippen LogP contribution >= 0.6 is 34.2 Å². The summed E-state index contributed by atoms with van der Waals surface area (Å²) in [5.74, 6) is 0. The van der Waals surface area contributed by atoms with E-state index in [1.165, 1.54) is 0 Å². The molecule has 0 aromatic carbocycles. The number of hydrogen-bond acceptors (Lipinski definition) is 4. The normalized spacial score (nSPS) is 19.3. The minimum Gasteiger partial charge on any atom is -0.444 e.